The Morgan fingerprint density at radius 1 is 1.58 bits per heavy atom. The van der Waals surface area contributed by atoms with Crippen molar-refractivity contribution in [1.82, 2.24) is 4.98 Å². The van der Waals surface area contributed by atoms with Gasteiger partial charge in [0.1, 0.15) is 5.82 Å². The van der Waals surface area contributed by atoms with Gasteiger partial charge in [0, 0.05) is 12.7 Å². The number of rotatable bonds is 4. The van der Waals surface area contributed by atoms with Gasteiger partial charge in [0.15, 0.2) is 0 Å². The largest absolute Gasteiger partial charge is 0.370 e. The first-order chi connectivity index (χ1) is 5.83. The van der Waals surface area contributed by atoms with Crippen LogP contribution in [0.2, 0.25) is 0 Å². The summed E-state index contributed by atoms with van der Waals surface area (Å²) >= 11 is 0. The maximum atomic E-state index is 5.36. The van der Waals surface area contributed by atoms with E-state index in [9.17, 15) is 0 Å². The lowest BCUT2D eigenvalue weighted by atomic mass is 10.3. The molecule has 0 saturated heterocycles. The average Bonchev–Trinajstić information content (AvgIpc) is 2.05. The van der Waals surface area contributed by atoms with Crippen molar-refractivity contribution >= 4 is 5.82 Å². The number of nitrogens with one attached hydrogen (secondary N) is 1. The smallest absolute Gasteiger partial charge is 0.126 e. The number of hydrogen-bond donors (Lipinski definition) is 2. The molecule has 3 heteroatoms. The molecule has 0 saturated carbocycles. The van der Waals surface area contributed by atoms with E-state index in [0.29, 0.717) is 0 Å². The molecule has 0 unspecified atom stereocenters. The zero-order valence-electron chi connectivity index (χ0n) is 7.38. The van der Waals surface area contributed by atoms with Gasteiger partial charge in [0.05, 0.1) is 0 Å². The Hall–Kier alpha value is -1.09. The minimum Gasteiger partial charge on any atom is -0.370 e. The molecule has 0 aliphatic heterocycles. The van der Waals surface area contributed by atoms with Crippen molar-refractivity contribution < 1.29 is 0 Å². The predicted octanol–water partition coefficient (Wildman–Crippen LogP) is 1.15. The molecule has 3 N–H and O–H groups in total. The highest BCUT2D eigenvalue weighted by molar-refractivity contribution is 5.36. The Bertz CT molecular complexity index is 235. The predicted molar refractivity (Wildman–Crippen MR) is 51.1 cm³/mol. The third kappa shape index (κ3) is 2.88. The van der Waals surface area contributed by atoms with Gasteiger partial charge in [-0.1, -0.05) is 0 Å². The number of pyridine rings is 1. The molecule has 12 heavy (non-hydrogen) atoms. The van der Waals surface area contributed by atoms with Crippen LogP contribution in [0.1, 0.15) is 12.0 Å². The molecule has 0 fully saturated rings. The molecule has 0 bridgehead atoms. The van der Waals surface area contributed by atoms with E-state index >= 15 is 0 Å². The van der Waals surface area contributed by atoms with E-state index < -0.39 is 0 Å². The average molecular weight is 165 g/mol. The van der Waals surface area contributed by atoms with Gasteiger partial charge < -0.3 is 11.1 Å². The molecule has 1 aromatic heterocycles. The quantitative estimate of drug-likeness (QED) is 0.658. The van der Waals surface area contributed by atoms with Crippen LogP contribution in [0, 0.1) is 6.92 Å². The third-order valence-corrected chi connectivity index (χ3v) is 1.60. The Balaban J connectivity index is 2.41. The van der Waals surface area contributed by atoms with Crippen molar-refractivity contribution in [1.29, 1.82) is 0 Å². The highest BCUT2D eigenvalue weighted by Gasteiger charge is 1.91. The van der Waals surface area contributed by atoms with Gasteiger partial charge in [-0.2, -0.15) is 0 Å². The number of hydrogen-bond acceptors (Lipinski definition) is 3. The molecule has 0 amide bonds. The zero-order valence-corrected chi connectivity index (χ0v) is 7.38. The van der Waals surface area contributed by atoms with Gasteiger partial charge in [0.2, 0.25) is 0 Å². The first kappa shape index (κ1) is 9.00. The SMILES string of the molecule is Cc1ccnc(NCCCN)c1. The highest BCUT2D eigenvalue weighted by Crippen LogP contribution is 2.04. The summed E-state index contributed by atoms with van der Waals surface area (Å²) in [5.41, 5.74) is 6.58. The van der Waals surface area contributed by atoms with Gasteiger partial charge in [-0.05, 0) is 37.6 Å². The molecule has 1 heterocycles. The van der Waals surface area contributed by atoms with Gasteiger partial charge in [0.25, 0.3) is 0 Å². The van der Waals surface area contributed by atoms with Crippen LogP contribution < -0.4 is 11.1 Å². The zero-order chi connectivity index (χ0) is 8.81. The summed E-state index contributed by atoms with van der Waals surface area (Å²) in [6.45, 7) is 3.67. The Morgan fingerprint density at radius 2 is 2.42 bits per heavy atom. The fourth-order valence-electron chi connectivity index (χ4n) is 0.951. The van der Waals surface area contributed by atoms with Crippen LogP contribution in [-0.4, -0.2) is 18.1 Å². The van der Waals surface area contributed by atoms with Crippen LogP contribution in [0.15, 0.2) is 18.3 Å². The molecule has 0 aromatic carbocycles. The number of aryl methyl sites for hydroxylation is 1. The maximum absolute atomic E-state index is 5.36. The standard InChI is InChI=1S/C9H15N3/c1-8-3-6-12-9(7-8)11-5-2-4-10/h3,6-7H,2,4-5,10H2,1H3,(H,11,12). The topological polar surface area (TPSA) is 50.9 Å². The lowest BCUT2D eigenvalue weighted by Crippen LogP contribution is -2.09. The summed E-state index contributed by atoms with van der Waals surface area (Å²) in [5, 5.41) is 3.20. The summed E-state index contributed by atoms with van der Waals surface area (Å²) in [6, 6.07) is 4.00. The van der Waals surface area contributed by atoms with Crippen molar-refractivity contribution in [3.63, 3.8) is 0 Å². The molecule has 66 valence electrons. The van der Waals surface area contributed by atoms with Gasteiger partial charge in [-0.15, -0.1) is 0 Å². The lowest BCUT2D eigenvalue weighted by Gasteiger charge is -2.03. The monoisotopic (exact) mass is 165 g/mol. The van der Waals surface area contributed by atoms with Crippen LogP contribution in [0.4, 0.5) is 5.82 Å². The van der Waals surface area contributed by atoms with Gasteiger partial charge in [-0.3, -0.25) is 0 Å². The van der Waals surface area contributed by atoms with E-state index in [0.717, 1.165) is 25.3 Å². The van der Waals surface area contributed by atoms with Crippen LogP contribution in [0.5, 0.6) is 0 Å². The molecule has 0 radical (unpaired) electrons. The van der Waals surface area contributed by atoms with Crippen LogP contribution >= 0.6 is 0 Å². The van der Waals surface area contributed by atoms with E-state index in [1.54, 1.807) is 6.20 Å². The van der Waals surface area contributed by atoms with E-state index in [1.165, 1.54) is 5.56 Å². The van der Waals surface area contributed by atoms with E-state index in [4.69, 9.17) is 5.73 Å². The second-order valence-electron chi connectivity index (χ2n) is 2.79. The summed E-state index contributed by atoms with van der Waals surface area (Å²) in [5.74, 6) is 0.934. The molecule has 0 aliphatic carbocycles. The molecular weight excluding hydrogens is 150 g/mol. The second kappa shape index (κ2) is 4.72. The summed E-state index contributed by atoms with van der Waals surface area (Å²) < 4.78 is 0. The fourth-order valence-corrected chi connectivity index (χ4v) is 0.951. The van der Waals surface area contributed by atoms with Crippen LogP contribution in [-0.2, 0) is 0 Å². The summed E-state index contributed by atoms with van der Waals surface area (Å²) in [6.07, 6.45) is 2.79. The van der Waals surface area contributed by atoms with Crippen molar-refractivity contribution in [2.24, 2.45) is 5.73 Å². The van der Waals surface area contributed by atoms with Crippen molar-refractivity contribution in [3.8, 4) is 0 Å². The maximum Gasteiger partial charge on any atom is 0.126 e. The summed E-state index contributed by atoms with van der Waals surface area (Å²) in [7, 11) is 0. The van der Waals surface area contributed by atoms with Crippen molar-refractivity contribution in [2.45, 2.75) is 13.3 Å². The minimum atomic E-state index is 0.721. The first-order valence-electron chi connectivity index (χ1n) is 4.19. The molecule has 1 rings (SSSR count). The number of anilines is 1. The Labute approximate surface area is 73.0 Å². The number of aromatic nitrogens is 1. The number of nitrogens with zero attached hydrogens (tertiary/aromatic N) is 1. The second-order valence-corrected chi connectivity index (χ2v) is 2.79. The lowest BCUT2D eigenvalue weighted by molar-refractivity contribution is 0.870. The van der Waals surface area contributed by atoms with Gasteiger partial charge in [-0.25, -0.2) is 4.98 Å². The molecule has 3 nitrogen and oxygen atoms in total. The Kier molecular flexibility index (Phi) is 3.54. The molecule has 0 spiro atoms. The first-order valence-corrected chi connectivity index (χ1v) is 4.19. The number of nitrogens with two attached hydrogens (primary N) is 1. The summed E-state index contributed by atoms with van der Waals surface area (Å²) in [4.78, 5) is 4.16. The van der Waals surface area contributed by atoms with E-state index in [2.05, 4.69) is 17.2 Å². The third-order valence-electron chi connectivity index (χ3n) is 1.60. The van der Waals surface area contributed by atoms with Crippen molar-refractivity contribution in [2.75, 3.05) is 18.4 Å². The van der Waals surface area contributed by atoms with E-state index in [-0.39, 0.29) is 0 Å². The molecule has 1 aromatic rings. The van der Waals surface area contributed by atoms with E-state index in [1.807, 2.05) is 12.1 Å². The van der Waals surface area contributed by atoms with Crippen LogP contribution in [0.3, 0.4) is 0 Å². The molecular formula is C9H15N3. The normalized spacial score (nSPS) is 9.83. The molecule has 0 aliphatic rings. The van der Waals surface area contributed by atoms with Crippen molar-refractivity contribution in [3.05, 3.63) is 23.9 Å². The highest BCUT2D eigenvalue weighted by atomic mass is 15.0. The fraction of sp³-hybridized carbons (Fsp3) is 0.444. The minimum absolute atomic E-state index is 0.721. The Morgan fingerprint density at radius 3 is 3.08 bits per heavy atom. The van der Waals surface area contributed by atoms with Gasteiger partial charge >= 0.3 is 0 Å². The van der Waals surface area contributed by atoms with Crippen LogP contribution in [0.25, 0.3) is 0 Å². The molecule has 0 atom stereocenters.